The zero-order valence-electron chi connectivity index (χ0n) is 19.7. The molecular weight excluding hydrogens is 512 g/mol. The number of aromatic amines is 2. The van der Waals surface area contributed by atoms with Gasteiger partial charge < -0.3 is 9.97 Å². The van der Waals surface area contributed by atoms with E-state index in [1.807, 2.05) is 24.3 Å². The second-order valence-corrected chi connectivity index (χ2v) is 7.20. The summed E-state index contributed by atoms with van der Waals surface area (Å²) >= 11 is 0. The van der Waals surface area contributed by atoms with Crippen LogP contribution in [0.15, 0.2) is 97.4 Å². The van der Waals surface area contributed by atoms with Crippen molar-refractivity contribution < 1.29 is 39.3 Å². The van der Waals surface area contributed by atoms with Gasteiger partial charge in [-0.25, -0.2) is 33.1 Å². The summed E-state index contributed by atoms with van der Waals surface area (Å²) in [4.78, 5) is 5.57. The third-order valence-electron chi connectivity index (χ3n) is 4.68. The molecule has 0 atom stereocenters. The predicted molar refractivity (Wildman–Crippen MR) is 133 cm³/mol. The summed E-state index contributed by atoms with van der Waals surface area (Å²) < 4.78 is 51.8. The number of aromatic nitrogens is 2. The van der Waals surface area contributed by atoms with Crippen LogP contribution in [0.5, 0.6) is 0 Å². The minimum atomic E-state index is -0.870. The molecule has 184 valence electrons. The molecule has 6 rings (SSSR count). The summed E-state index contributed by atoms with van der Waals surface area (Å²) in [5.41, 5.74) is 1.31. The van der Waals surface area contributed by atoms with Gasteiger partial charge in [0.15, 0.2) is 0 Å². The van der Waals surface area contributed by atoms with Gasteiger partial charge in [0.2, 0.25) is 0 Å². The minimum Gasteiger partial charge on any atom is -0.401 e. The largest absolute Gasteiger partial charge is 4.00 e. The van der Waals surface area contributed by atoms with Crippen molar-refractivity contribution in [2.24, 2.45) is 0 Å². The van der Waals surface area contributed by atoms with E-state index in [4.69, 9.17) is 0 Å². The first kappa shape index (κ1) is 29.6. The number of hydrogen-bond acceptors (Lipinski definition) is 0. The van der Waals surface area contributed by atoms with Crippen molar-refractivity contribution in [3.05, 3.63) is 145 Å². The van der Waals surface area contributed by atoms with Crippen LogP contribution < -0.4 is 0 Å². The molecule has 0 fully saturated rings. The van der Waals surface area contributed by atoms with Crippen LogP contribution in [0.1, 0.15) is 12.8 Å². The Morgan fingerprint density at radius 1 is 0.622 bits per heavy atom. The van der Waals surface area contributed by atoms with Crippen molar-refractivity contribution in [3.63, 3.8) is 0 Å². The molecule has 0 amide bonds. The van der Waals surface area contributed by atoms with Gasteiger partial charge in [0.1, 0.15) is 0 Å². The van der Waals surface area contributed by atoms with Crippen LogP contribution in [0.25, 0.3) is 22.5 Å². The molecule has 2 nitrogen and oxygen atoms in total. The number of benzene rings is 2. The van der Waals surface area contributed by atoms with Gasteiger partial charge in [-0.3, -0.25) is 20.9 Å². The van der Waals surface area contributed by atoms with Crippen LogP contribution in [0, 0.1) is 47.6 Å². The van der Waals surface area contributed by atoms with Gasteiger partial charge in [0.05, 0.1) is 23.3 Å². The second kappa shape index (κ2) is 16.2. The summed E-state index contributed by atoms with van der Waals surface area (Å²) in [7, 11) is 0. The third kappa shape index (κ3) is 9.41. The van der Waals surface area contributed by atoms with E-state index < -0.39 is 23.3 Å². The van der Waals surface area contributed by atoms with E-state index in [0.717, 1.165) is 25.0 Å². The van der Waals surface area contributed by atoms with Gasteiger partial charge >= 0.3 is 21.7 Å². The van der Waals surface area contributed by atoms with Gasteiger partial charge in [-0.15, -0.1) is 49.2 Å². The van der Waals surface area contributed by atoms with E-state index in [2.05, 4.69) is 46.4 Å². The Hall–Kier alpha value is -3.61. The second-order valence-electron chi connectivity index (χ2n) is 7.20. The summed E-state index contributed by atoms with van der Waals surface area (Å²) in [6.07, 6.45) is 23.3. The molecule has 4 aromatic rings. The van der Waals surface area contributed by atoms with Crippen LogP contribution in [0.3, 0.4) is 0 Å². The summed E-state index contributed by atoms with van der Waals surface area (Å²) in [5.74, 6) is -3.46. The standard InChI is InChI=1S/2C10H6F2N.2C5H5.Ti/c2*11-8-4-1-3-7(10(8)12)9-5-2-6-13-9;2*1-2-4-5-3-1;/h2*1-2,4-6,13H;2*1-3H,4H2;/q4*-1;+4. The van der Waals surface area contributed by atoms with E-state index in [1.54, 1.807) is 36.7 Å². The van der Waals surface area contributed by atoms with E-state index in [0.29, 0.717) is 11.4 Å². The molecule has 0 saturated carbocycles. The summed E-state index contributed by atoms with van der Waals surface area (Å²) in [6.45, 7) is 0. The average molecular weight is 534 g/mol. The molecule has 0 radical (unpaired) electrons. The Morgan fingerprint density at radius 2 is 1.05 bits per heavy atom. The Bertz CT molecular complexity index is 1200. The van der Waals surface area contributed by atoms with Crippen molar-refractivity contribution in [1.82, 2.24) is 9.97 Å². The zero-order chi connectivity index (χ0) is 25.6. The molecular formula is C30H22F4N2Ti. The van der Waals surface area contributed by atoms with Crippen LogP contribution in [-0.4, -0.2) is 9.97 Å². The topological polar surface area (TPSA) is 31.6 Å². The van der Waals surface area contributed by atoms with Gasteiger partial charge in [-0.2, -0.15) is 12.2 Å². The number of allylic oxidation sites excluding steroid dienone is 8. The van der Waals surface area contributed by atoms with Crippen molar-refractivity contribution in [2.75, 3.05) is 0 Å². The maximum absolute atomic E-state index is 13.1. The van der Waals surface area contributed by atoms with E-state index in [1.165, 1.54) is 12.1 Å². The number of H-pyrrole nitrogens is 2. The molecule has 0 unspecified atom stereocenters. The molecule has 2 aliphatic rings. The Kier molecular flexibility index (Phi) is 13.0. The Balaban J connectivity index is 0.000000187. The van der Waals surface area contributed by atoms with E-state index in [9.17, 15) is 17.6 Å². The number of halogens is 4. The van der Waals surface area contributed by atoms with E-state index in [-0.39, 0.29) is 32.8 Å². The van der Waals surface area contributed by atoms with Crippen LogP contribution in [0.4, 0.5) is 17.6 Å². The molecule has 2 heterocycles. The summed E-state index contributed by atoms with van der Waals surface area (Å²) in [6, 6.07) is 16.8. The molecule has 2 aliphatic carbocycles. The molecule has 0 bridgehead atoms. The van der Waals surface area contributed by atoms with Crippen molar-refractivity contribution >= 4 is 0 Å². The maximum atomic E-state index is 13.1. The molecule has 0 saturated heterocycles. The molecule has 37 heavy (non-hydrogen) atoms. The summed E-state index contributed by atoms with van der Waals surface area (Å²) in [5, 5.41) is 0. The first-order valence-corrected chi connectivity index (χ1v) is 11.0. The number of rotatable bonds is 2. The Morgan fingerprint density at radius 3 is 1.32 bits per heavy atom. The van der Waals surface area contributed by atoms with Crippen molar-refractivity contribution in [2.45, 2.75) is 12.8 Å². The first-order valence-electron chi connectivity index (χ1n) is 11.0. The normalized spacial score (nSPS) is 12.0. The van der Waals surface area contributed by atoms with Gasteiger partial charge in [-0.1, -0.05) is 35.4 Å². The molecule has 2 aromatic carbocycles. The number of nitrogens with one attached hydrogen (secondary N) is 2. The van der Waals surface area contributed by atoms with Crippen LogP contribution in [0.2, 0.25) is 0 Å². The molecule has 0 aliphatic heterocycles. The fourth-order valence-corrected chi connectivity index (χ4v) is 2.95. The van der Waals surface area contributed by atoms with E-state index >= 15 is 0 Å². The quantitative estimate of drug-likeness (QED) is 0.148. The van der Waals surface area contributed by atoms with Gasteiger partial charge in [-0.05, 0) is 23.8 Å². The van der Waals surface area contributed by atoms with Gasteiger partial charge in [0, 0.05) is 0 Å². The average Bonchev–Trinajstić information content (AvgIpc) is 3.72. The van der Waals surface area contributed by atoms with Gasteiger partial charge in [0.25, 0.3) is 0 Å². The minimum absolute atomic E-state index is 0. The monoisotopic (exact) mass is 534 g/mol. The van der Waals surface area contributed by atoms with Crippen molar-refractivity contribution in [1.29, 1.82) is 0 Å². The molecule has 7 heteroatoms. The molecule has 0 spiro atoms. The maximum Gasteiger partial charge on any atom is 4.00 e. The van der Waals surface area contributed by atoms with Crippen LogP contribution in [-0.2, 0) is 21.7 Å². The zero-order valence-corrected chi connectivity index (χ0v) is 21.2. The van der Waals surface area contributed by atoms with Crippen molar-refractivity contribution in [3.8, 4) is 22.5 Å². The smallest absolute Gasteiger partial charge is 0.401 e. The molecule has 2 aromatic heterocycles. The van der Waals surface area contributed by atoms with Crippen LogP contribution >= 0.6 is 0 Å². The Labute approximate surface area is 229 Å². The SMILES string of the molecule is Fc1cc[c-]c(-c2ccc[nH]2)c1F.Fc1cc[c-]c(-c2ccc[nH]2)c1F.[C-]1=CC=CC1.[C-]1=CC=CC1.[Ti+4]. The fourth-order valence-electron chi connectivity index (χ4n) is 2.95. The fraction of sp³-hybridized carbons (Fsp3) is 0.0667. The third-order valence-corrected chi connectivity index (χ3v) is 4.68. The molecule has 2 N–H and O–H groups in total. The first-order chi connectivity index (χ1) is 17.6. The predicted octanol–water partition coefficient (Wildman–Crippen LogP) is 8.13. The number of hydrogen-bond donors (Lipinski definition) is 2.